The average Bonchev–Trinajstić information content (AvgIpc) is 2.98. The van der Waals surface area contributed by atoms with Crippen molar-refractivity contribution in [1.29, 1.82) is 0 Å². The van der Waals surface area contributed by atoms with Crippen molar-refractivity contribution in [2.24, 2.45) is 0 Å². The van der Waals surface area contributed by atoms with Gasteiger partial charge in [0, 0.05) is 23.2 Å². The van der Waals surface area contributed by atoms with Crippen LogP contribution in [-0.4, -0.2) is 30.2 Å². The van der Waals surface area contributed by atoms with Crippen LogP contribution in [-0.2, 0) is 23.1 Å². The summed E-state index contributed by atoms with van der Waals surface area (Å²) in [6.07, 6.45) is 0.330. The van der Waals surface area contributed by atoms with E-state index < -0.39 is 10.0 Å². The maximum Gasteiger partial charge on any atom is 0.241 e. The lowest BCUT2D eigenvalue weighted by Crippen LogP contribution is -2.25. The topological polar surface area (TPSA) is 105 Å². The minimum absolute atomic E-state index is 0.156. The van der Waals surface area contributed by atoms with Crippen LogP contribution >= 0.6 is 11.3 Å². The van der Waals surface area contributed by atoms with Crippen molar-refractivity contribution in [1.82, 2.24) is 14.9 Å². The number of aliphatic hydroxyl groups excluding tert-OH is 1. The SMILES string of the molecule is Cc1noc(CCNS(=O)(=O)c2csc(CO)c2)n1. The predicted molar refractivity (Wildman–Crippen MR) is 68.2 cm³/mol. The highest BCUT2D eigenvalue weighted by molar-refractivity contribution is 7.89. The number of thiophene rings is 1. The lowest BCUT2D eigenvalue weighted by atomic mass is 10.4. The molecule has 0 aliphatic carbocycles. The van der Waals surface area contributed by atoms with Crippen molar-refractivity contribution in [3.8, 4) is 0 Å². The summed E-state index contributed by atoms with van der Waals surface area (Å²) in [7, 11) is -3.55. The van der Waals surface area contributed by atoms with E-state index in [1.807, 2.05) is 0 Å². The highest BCUT2D eigenvalue weighted by atomic mass is 32.2. The number of hydrogen-bond acceptors (Lipinski definition) is 7. The molecule has 2 heterocycles. The van der Waals surface area contributed by atoms with Gasteiger partial charge in [-0.2, -0.15) is 4.98 Å². The number of nitrogens with one attached hydrogen (secondary N) is 1. The molecule has 9 heteroatoms. The van der Waals surface area contributed by atoms with Crippen molar-refractivity contribution in [3.63, 3.8) is 0 Å². The van der Waals surface area contributed by atoms with Crippen LogP contribution in [0.5, 0.6) is 0 Å². The molecule has 19 heavy (non-hydrogen) atoms. The van der Waals surface area contributed by atoms with Crippen LogP contribution in [0.1, 0.15) is 16.6 Å². The van der Waals surface area contributed by atoms with Crippen molar-refractivity contribution < 1.29 is 18.0 Å². The summed E-state index contributed by atoms with van der Waals surface area (Å²) in [5, 5.41) is 14.0. The minimum Gasteiger partial charge on any atom is -0.391 e. The van der Waals surface area contributed by atoms with Crippen molar-refractivity contribution in [2.75, 3.05) is 6.54 Å². The van der Waals surface area contributed by atoms with E-state index >= 15 is 0 Å². The summed E-state index contributed by atoms with van der Waals surface area (Å²) < 4.78 is 31.1. The van der Waals surface area contributed by atoms with Gasteiger partial charge in [0.1, 0.15) is 0 Å². The number of aryl methyl sites for hydroxylation is 1. The van der Waals surface area contributed by atoms with Gasteiger partial charge < -0.3 is 9.63 Å². The highest BCUT2D eigenvalue weighted by Gasteiger charge is 2.16. The van der Waals surface area contributed by atoms with Gasteiger partial charge in [0.25, 0.3) is 0 Å². The first-order valence-electron chi connectivity index (χ1n) is 5.48. The normalized spacial score (nSPS) is 11.9. The molecule has 0 aliphatic heterocycles. The van der Waals surface area contributed by atoms with E-state index in [1.54, 1.807) is 6.92 Å². The van der Waals surface area contributed by atoms with E-state index in [0.717, 1.165) is 0 Å². The molecule has 7 nitrogen and oxygen atoms in total. The molecule has 0 saturated carbocycles. The third kappa shape index (κ3) is 3.60. The summed E-state index contributed by atoms with van der Waals surface area (Å²) in [5.74, 6) is 0.907. The van der Waals surface area contributed by atoms with Crippen LogP contribution in [0.25, 0.3) is 0 Å². The molecule has 0 radical (unpaired) electrons. The number of rotatable bonds is 6. The molecule has 0 aromatic carbocycles. The fourth-order valence-corrected chi connectivity index (χ4v) is 3.57. The Morgan fingerprint density at radius 2 is 2.32 bits per heavy atom. The molecule has 0 amide bonds. The summed E-state index contributed by atoms with van der Waals surface area (Å²) in [4.78, 5) is 4.74. The molecule has 0 saturated heterocycles. The molecule has 0 unspecified atom stereocenters. The Hall–Kier alpha value is -1.29. The van der Waals surface area contributed by atoms with Crippen molar-refractivity contribution >= 4 is 21.4 Å². The standard InChI is InChI=1S/C10H13N3O4S2/c1-7-12-10(17-13-7)2-3-11-19(15,16)9-4-8(5-14)18-6-9/h4,6,11,14H,2-3,5H2,1H3. The highest BCUT2D eigenvalue weighted by Crippen LogP contribution is 2.18. The van der Waals surface area contributed by atoms with E-state index in [0.29, 0.717) is 23.0 Å². The zero-order valence-electron chi connectivity index (χ0n) is 10.2. The van der Waals surface area contributed by atoms with Crippen LogP contribution in [0.4, 0.5) is 0 Å². The molecule has 2 N–H and O–H groups in total. The smallest absolute Gasteiger partial charge is 0.241 e. The largest absolute Gasteiger partial charge is 0.391 e. The zero-order valence-corrected chi connectivity index (χ0v) is 11.8. The Kier molecular flexibility index (Phi) is 4.30. The van der Waals surface area contributed by atoms with Crippen LogP contribution in [0.3, 0.4) is 0 Å². The van der Waals surface area contributed by atoms with Crippen molar-refractivity contribution in [3.05, 3.63) is 28.0 Å². The molecule has 0 spiro atoms. The fraction of sp³-hybridized carbons (Fsp3) is 0.400. The lowest BCUT2D eigenvalue weighted by molar-refractivity contribution is 0.285. The molecule has 0 fully saturated rings. The van der Waals surface area contributed by atoms with E-state index in [-0.39, 0.29) is 18.0 Å². The quantitative estimate of drug-likeness (QED) is 0.803. The Labute approximate surface area is 114 Å². The van der Waals surface area contributed by atoms with Gasteiger partial charge in [-0.3, -0.25) is 0 Å². The predicted octanol–water partition coefficient (Wildman–Crippen LogP) is 0.453. The second kappa shape index (κ2) is 5.78. The van der Waals surface area contributed by atoms with Crippen LogP contribution in [0.2, 0.25) is 0 Å². The van der Waals surface area contributed by atoms with Gasteiger partial charge in [-0.1, -0.05) is 5.16 Å². The lowest BCUT2D eigenvalue weighted by Gasteiger charge is -2.02. The van der Waals surface area contributed by atoms with E-state index in [4.69, 9.17) is 9.63 Å². The summed E-state index contributed by atoms with van der Waals surface area (Å²) >= 11 is 1.20. The fourth-order valence-electron chi connectivity index (χ4n) is 1.40. The maximum atomic E-state index is 11.9. The molecule has 0 aliphatic rings. The number of sulfonamides is 1. The first-order valence-corrected chi connectivity index (χ1v) is 7.84. The number of hydrogen-bond donors (Lipinski definition) is 2. The Balaban J connectivity index is 1.94. The maximum absolute atomic E-state index is 11.9. The molecule has 2 aromatic rings. The number of aliphatic hydroxyl groups is 1. The van der Waals surface area contributed by atoms with Gasteiger partial charge in [-0.05, 0) is 13.0 Å². The molecule has 2 rings (SSSR count). The summed E-state index contributed by atoms with van der Waals surface area (Å²) in [5.41, 5.74) is 0. The van der Waals surface area contributed by atoms with E-state index in [2.05, 4.69) is 14.9 Å². The Bertz CT molecular complexity index is 647. The van der Waals surface area contributed by atoms with E-state index in [1.165, 1.54) is 22.8 Å². The van der Waals surface area contributed by atoms with E-state index in [9.17, 15) is 8.42 Å². The Morgan fingerprint density at radius 1 is 1.53 bits per heavy atom. The van der Waals surface area contributed by atoms with Gasteiger partial charge in [-0.15, -0.1) is 11.3 Å². The van der Waals surface area contributed by atoms with Gasteiger partial charge in [-0.25, -0.2) is 13.1 Å². The second-order valence-electron chi connectivity index (χ2n) is 3.79. The minimum atomic E-state index is -3.55. The van der Waals surface area contributed by atoms with Gasteiger partial charge in [0.15, 0.2) is 5.82 Å². The third-order valence-corrected chi connectivity index (χ3v) is 4.81. The Morgan fingerprint density at radius 3 is 2.89 bits per heavy atom. The first kappa shape index (κ1) is 14.1. The van der Waals surface area contributed by atoms with Crippen LogP contribution in [0.15, 0.2) is 20.9 Å². The van der Waals surface area contributed by atoms with Crippen LogP contribution < -0.4 is 4.72 Å². The first-order chi connectivity index (χ1) is 9.01. The van der Waals surface area contributed by atoms with Gasteiger partial charge in [0.2, 0.25) is 15.9 Å². The van der Waals surface area contributed by atoms with Gasteiger partial charge in [0.05, 0.1) is 11.5 Å². The van der Waals surface area contributed by atoms with Gasteiger partial charge >= 0.3 is 0 Å². The van der Waals surface area contributed by atoms with Crippen molar-refractivity contribution in [2.45, 2.75) is 24.8 Å². The monoisotopic (exact) mass is 303 g/mol. The molecular weight excluding hydrogens is 290 g/mol. The molecular formula is C10H13N3O4S2. The molecule has 104 valence electrons. The number of nitrogens with zero attached hydrogens (tertiary/aromatic N) is 2. The average molecular weight is 303 g/mol. The second-order valence-corrected chi connectivity index (χ2v) is 6.55. The molecule has 0 bridgehead atoms. The third-order valence-electron chi connectivity index (χ3n) is 2.30. The summed E-state index contributed by atoms with van der Waals surface area (Å²) in [6.45, 7) is 1.70. The molecule has 0 atom stereocenters. The summed E-state index contributed by atoms with van der Waals surface area (Å²) in [6, 6.07) is 1.45. The zero-order chi connectivity index (χ0) is 13.9. The molecule has 2 aromatic heterocycles. The number of aromatic nitrogens is 2. The van der Waals surface area contributed by atoms with Crippen LogP contribution in [0, 0.1) is 6.92 Å².